The van der Waals surface area contributed by atoms with Gasteiger partial charge in [0.1, 0.15) is 17.8 Å². The predicted molar refractivity (Wildman–Crippen MR) is 129 cm³/mol. The second-order valence-corrected chi connectivity index (χ2v) is 7.68. The van der Waals surface area contributed by atoms with Crippen molar-refractivity contribution in [1.29, 1.82) is 0 Å². The summed E-state index contributed by atoms with van der Waals surface area (Å²) in [6.07, 6.45) is 3.27. The van der Waals surface area contributed by atoms with Gasteiger partial charge in [-0.05, 0) is 60.9 Å². The van der Waals surface area contributed by atoms with Crippen molar-refractivity contribution >= 4 is 22.6 Å². The summed E-state index contributed by atoms with van der Waals surface area (Å²) in [5.41, 5.74) is 4.63. The first kappa shape index (κ1) is 21.4. The van der Waals surface area contributed by atoms with Crippen molar-refractivity contribution in [2.45, 2.75) is 20.4 Å². The lowest BCUT2D eigenvalue weighted by Crippen LogP contribution is -2.26. The van der Waals surface area contributed by atoms with Gasteiger partial charge in [-0.1, -0.05) is 30.3 Å². The number of benzene rings is 2. The SMILES string of the molecule is CCN(CC)c1ncnc2ccc(-c3cccc(CN(C)C(=O)c4ccccn4)c3)cc12. The number of anilines is 1. The zero-order valence-corrected chi connectivity index (χ0v) is 18.7. The largest absolute Gasteiger partial charge is 0.357 e. The number of carbonyl (C=O) groups excluding carboxylic acids is 1. The van der Waals surface area contributed by atoms with E-state index < -0.39 is 0 Å². The molecular weight excluding hydrogens is 398 g/mol. The Balaban J connectivity index is 1.63. The number of carbonyl (C=O) groups is 1. The molecule has 2 heterocycles. The normalized spacial score (nSPS) is 10.8. The van der Waals surface area contributed by atoms with E-state index >= 15 is 0 Å². The first-order valence-corrected chi connectivity index (χ1v) is 10.9. The maximum absolute atomic E-state index is 12.7. The summed E-state index contributed by atoms with van der Waals surface area (Å²) < 4.78 is 0. The highest BCUT2D eigenvalue weighted by Gasteiger charge is 2.14. The minimum atomic E-state index is -0.0947. The molecule has 0 spiro atoms. The molecule has 0 fully saturated rings. The van der Waals surface area contributed by atoms with Gasteiger partial charge in [-0.3, -0.25) is 9.78 Å². The molecule has 0 saturated carbocycles. The van der Waals surface area contributed by atoms with Gasteiger partial charge in [0.25, 0.3) is 5.91 Å². The third kappa shape index (κ3) is 4.44. The van der Waals surface area contributed by atoms with E-state index in [9.17, 15) is 4.79 Å². The van der Waals surface area contributed by atoms with E-state index in [-0.39, 0.29) is 5.91 Å². The Bertz CT molecular complexity index is 1220. The minimum absolute atomic E-state index is 0.0947. The Labute approximate surface area is 188 Å². The molecule has 0 radical (unpaired) electrons. The molecule has 32 heavy (non-hydrogen) atoms. The molecule has 0 bridgehead atoms. The molecule has 2 aromatic heterocycles. The molecule has 4 rings (SSSR count). The van der Waals surface area contributed by atoms with E-state index in [2.05, 4.69) is 58.0 Å². The molecule has 6 nitrogen and oxygen atoms in total. The number of aromatic nitrogens is 3. The highest BCUT2D eigenvalue weighted by atomic mass is 16.2. The van der Waals surface area contributed by atoms with Crippen molar-refractivity contribution < 1.29 is 4.79 Å². The molecule has 1 amide bonds. The zero-order valence-electron chi connectivity index (χ0n) is 18.7. The number of fused-ring (bicyclic) bond motifs is 1. The van der Waals surface area contributed by atoms with Gasteiger partial charge >= 0.3 is 0 Å². The van der Waals surface area contributed by atoms with Crippen LogP contribution in [0.2, 0.25) is 0 Å². The number of pyridine rings is 1. The van der Waals surface area contributed by atoms with Crippen LogP contribution < -0.4 is 4.90 Å². The second-order valence-electron chi connectivity index (χ2n) is 7.68. The monoisotopic (exact) mass is 425 g/mol. The van der Waals surface area contributed by atoms with Crippen LogP contribution in [0, 0.1) is 0 Å². The molecular formula is C26H27N5O. The number of amides is 1. The van der Waals surface area contributed by atoms with Gasteiger partial charge in [-0.15, -0.1) is 0 Å². The molecule has 162 valence electrons. The third-order valence-electron chi connectivity index (χ3n) is 5.59. The summed E-state index contributed by atoms with van der Waals surface area (Å²) >= 11 is 0. The van der Waals surface area contributed by atoms with E-state index in [0.29, 0.717) is 12.2 Å². The Kier molecular flexibility index (Phi) is 6.40. The average molecular weight is 426 g/mol. The molecule has 0 aliphatic heterocycles. The first-order chi connectivity index (χ1) is 15.6. The van der Waals surface area contributed by atoms with Gasteiger partial charge in [0.2, 0.25) is 0 Å². The molecule has 0 aliphatic rings. The summed E-state index contributed by atoms with van der Waals surface area (Å²) in [4.78, 5) is 29.7. The number of nitrogens with zero attached hydrogens (tertiary/aromatic N) is 5. The molecule has 0 unspecified atom stereocenters. The molecule has 0 saturated heterocycles. The van der Waals surface area contributed by atoms with Crippen molar-refractivity contribution in [2.75, 3.05) is 25.0 Å². The molecule has 4 aromatic rings. The Morgan fingerprint density at radius 3 is 2.44 bits per heavy atom. The van der Waals surface area contributed by atoms with E-state index in [1.165, 1.54) is 0 Å². The fourth-order valence-electron chi connectivity index (χ4n) is 3.88. The van der Waals surface area contributed by atoms with Crippen molar-refractivity contribution in [3.63, 3.8) is 0 Å². The maximum Gasteiger partial charge on any atom is 0.272 e. The van der Waals surface area contributed by atoms with Crippen molar-refractivity contribution in [3.05, 3.63) is 84.4 Å². The van der Waals surface area contributed by atoms with Gasteiger partial charge in [0.05, 0.1) is 5.52 Å². The van der Waals surface area contributed by atoms with Gasteiger partial charge in [0, 0.05) is 38.3 Å². The van der Waals surface area contributed by atoms with Crippen LogP contribution >= 0.6 is 0 Å². The van der Waals surface area contributed by atoms with Crippen LogP contribution in [0.4, 0.5) is 5.82 Å². The fourth-order valence-corrected chi connectivity index (χ4v) is 3.88. The third-order valence-corrected chi connectivity index (χ3v) is 5.59. The standard InChI is InChI=1S/C26H27N5O/c1-4-31(5-2)25-22-16-21(12-13-23(22)28-18-29-25)20-10-8-9-19(15-20)17-30(3)26(32)24-11-6-7-14-27-24/h6-16,18H,4-5,17H2,1-3H3. The Morgan fingerprint density at radius 1 is 0.875 bits per heavy atom. The molecule has 0 atom stereocenters. The van der Waals surface area contributed by atoms with Crippen LogP contribution in [0.5, 0.6) is 0 Å². The summed E-state index contributed by atoms with van der Waals surface area (Å²) in [6.45, 7) is 6.55. The van der Waals surface area contributed by atoms with E-state index in [1.54, 1.807) is 36.6 Å². The average Bonchev–Trinajstić information content (AvgIpc) is 2.85. The summed E-state index contributed by atoms with van der Waals surface area (Å²) in [5.74, 6) is 0.862. The van der Waals surface area contributed by atoms with Crippen molar-refractivity contribution in [2.24, 2.45) is 0 Å². The summed E-state index contributed by atoms with van der Waals surface area (Å²) in [7, 11) is 1.80. The number of rotatable bonds is 7. The molecule has 2 aromatic carbocycles. The number of hydrogen-bond acceptors (Lipinski definition) is 5. The van der Waals surface area contributed by atoms with Crippen molar-refractivity contribution in [1.82, 2.24) is 19.9 Å². The topological polar surface area (TPSA) is 62.2 Å². The quantitative estimate of drug-likeness (QED) is 0.425. The lowest BCUT2D eigenvalue weighted by Gasteiger charge is -2.21. The molecule has 0 N–H and O–H groups in total. The molecule has 6 heteroatoms. The van der Waals surface area contributed by atoms with E-state index in [0.717, 1.165) is 46.5 Å². The van der Waals surface area contributed by atoms with E-state index in [4.69, 9.17) is 0 Å². The van der Waals surface area contributed by atoms with Crippen LogP contribution in [0.15, 0.2) is 73.2 Å². The van der Waals surface area contributed by atoms with Gasteiger partial charge in [-0.2, -0.15) is 0 Å². The summed E-state index contributed by atoms with van der Waals surface area (Å²) in [6, 6.07) is 19.9. The Morgan fingerprint density at radius 2 is 1.69 bits per heavy atom. The highest BCUT2D eigenvalue weighted by molar-refractivity contribution is 5.93. The van der Waals surface area contributed by atoms with Gasteiger partial charge < -0.3 is 9.80 Å². The smallest absolute Gasteiger partial charge is 0.272 e. The van der Waals surface area contributed by atoms with Crippen LogP contribution in [-0.4, -0.2) is 45.9 Å². The van der Waals surface area contributed by atoms with E-state index in [1.807, 2.05) is 24.3 Å². The maximum atomic E-state index is 12.7. The van der Waals surface area contributed by atoms with Crippen LogP contribution in [0.1, 0.15) is 29.9 Å². The van der Waals surface area contributed by atoms with Crippen LogP contribution in [0.3, 0.4) is 0 Å². The summed E-state index contributed by atoms with van der Waals surface area (Å²) in [5, 5.41) is 1.04. The number of hydrogen-bond donors (Lipinski definition) is 0. The van der Waals surface area contributed by atoms with Crippen molar-refractivity contribution in [3.8, 4) is 11.1 Å². The minimum Gasteiger partial charge on any atom is -0.357 e. The Hall–Kier alpha value is -3.80. The molecule has 0 aliphatic carbocycles. The lowest BCUT2D eigenvalue weighted by molar-refractivity contribution is 0.0779. The van der Waals surface area contributed by atoms with Crippen LogP contribution in [0.25, 0.3) is 22.0 Å². The van der Waals surface area contributed by atoms with Gasteiger partial charge in [0.15, 0.2) is 0 Å². The second kappa shape index (κ2) is 9.56. The van der Waals surface area contributed by atoms with Gasteiger partial charge in [-0.25, -0.2) is 9.97 Å². The highest BCUT2D eigenvalue weighted by Crippen LogP contribution is 2.29. The first-order valence-electron chi connectivity index (χ1n) is 10.9. The van der Waals surface area contributed by atoms with Crippen LogP contribution in [-0.2, 0) is 6.54 Å². The fraction of sp³-hybridized carbons (Fsp3) is 0.231. The zero-order chi connectivity index (χ0) is 22.5. The predicted octanol–water partition coefficient (Wildman–Crippen LogP) is 4.81. The lowest BCUT2D eigenvalue weighted by atomic mass is 10.0.